The molecule has 4 nitrogen and oxygen atoms in total. The summed E-state index contributed by atoms with van der Waals surface area (Å²) >= 11 is 0. The maximum absolute atomic E-state index is 4.24. The van der Waals surface area contributed by atoms with Crippen LogP contribution in [-0.4, -0.2) is 46.4 Å². The zero-order valence-electron chi connectivity index (χ0n) is 11.3. The van der Waals surface area contributed by atoms with Crippen molar-refractivity contribution in [2.45, 2.75) is 44.2 Å². The molecule has 1 aromatic rings. The van der Waals surface area contributed by atoms with E-state index in [0.29, 0.717) is 0 Å². The second-order valence-corrected chi connectivity index (χ2v) is 5.72. The van der Waals surface area contributed by atoms with Crippen molar-refractivity contribution in [3.05, 3.63) is 18.0 Å². The molecule has 2 fully saturated rings. The molecule has 0 spiro atoms. The third-order valence-corrected chi connectivity index (χ3v) is 4.42. The van der Waals surface area contributed by atoms with Gasteiger partial charge in [-0.15, -0.1) is 0 Å². The van der Waals surface area contributed by atoms with Crippen molar-refractivity contribution in [3.63, 3.8) is 0 Å². The minimum absolute atomic E-state index is 0.751. The van der Waals surface area contributed by atoms with Crippen LogP contribution in [0, 0.1) is 0 Å². The largest absolute Gasteiger partial charge is 0.312 e. The van der Waals surface area contributed by atoms with Crippen LogP contribution in [0.5, 0.6) is 0 Å². The van der Waals surface area contributed by atoms with E-state index < -0.39 is 0 Å². The fraction of sp³-hybridized carbons (Fsp3) is 0.786. The summed E-state index contributed by atoms with van der Waals surface area (Å²) in [6.07, 6.45) is 10.8. The van der Waals surface area contributed by atoms with Crippen molar-refractivity contribution in [1.29, 1.82) is 0 Å². The Labute approximate surface area is 109 Å². The number of aryl methyl sites for hydroxylation is 1. The van der Waals surface area contributed by atoms with Crippen molar-refractivity contribution in [2.75, 3.05) is 19.6 Å². The zero-order chi connectivity index (χ0) is 12.4. The average Bonchev–Trinajstić information content (AvgIpc) is 3.07. The Kier molecular flexibility index (Phi) is 3.66. The van der Waals surface area contributed by atoms with Gasteiger partial charge in [0.2, 0.25) is 0 Å². The van der Waals surface area contributed by atoms with Gasteiger partial charge in [0.05, 0.1) is 6.20 Å². The van der Waals surface area contributed by atoms with Crippen molar-refractivity contribution >= 4 is 0 Å². The van der Waals surface area contributed by atoms with Crippen molar-refractivity contribution in [1.82, 2.24) is 20.0 Å². The van der Waals surface area contributed by atoms with E-state index in [1.165, 1.54) is 50.9 Å². The molecule has 0 aliphatic carbocycles. The van der Waals surface area contributed by atoms with Crippen LogP contribution in [-0.2, 0) is 13.5 Å². The zero-order valence-corrected chi connectivity index (χ0v) is 11.3. The highest BCUT2D eigenvalue weighted by atomic mass is 15.2. The second kappa shape index (κ2) is 5.41. The van der Waals surface area contributed by atoms with E-state index in [9.17, 15) is 0 Å². The molecule has 100 valence electrons. The van der Waals surface area contributed by atoms with Gasteiger partial charge in [-0.2, -0.15) is 5.10 Å². The molecular weight excluding hydrogens is 224 g/mol. The van der Waals surface area contributed by atoms with Crippen molar-refractivity contribution in [3.8, 4) is 0 Å². The summed E-state index contributed by atoms with van der Waals surface area (Å²) in [6.45, 7) is 3.69. The Balaban J connectivity index is 1.54. The van der Waals surface area contributed by atoms with E-state index >= 15 is 0 Å². The van der Waals surface area contributed by atoms with Crippen molar-refractivity contribution in [2.24, 2.45) is 7.05 Å². The molecule has 2 saturated heterocycles. The van der Waals surface area contributed by atoms with Gasteiger partial charge in [-0.3, -0.25) is 9.58 Å². The number of nitrogens with zero attached hydrogens (tertiary/aromatic N) is 3. The smallest absolute Gasteiger partial charge is 0.0522 e. The number of hydrogen-bond acceptors (Lipinski definition) is 3. The van der Waals surface area contributed by atoms with Gasteiger partial charge in [0.15, 0.2) is 0 Å². The Bertz CT molecular complexity index is 381. The molecule has 2 aliphatic rings. The lowest BCUT2D eigenvalue weighted by molar-refractivity contribution is 0.217. The highest BCUT2D eigenvalue weighted by Crippen LogP contribution is 2.24. The van der Waals surface area contributed by atoms with Crippen LogP contribution in [0.4, 0.5) is 0 Å². The first-order valence-electron chi connectivity index (χ1n) is 7.28. The molecule has 0 aromatic carbocycles. The van der Waals surface area contributed by atoms with Crippen LogP contribution in [0.2, 0.25) is 0 Å². The average molecular weight is 248 g/mol. The van der Waals surface area contributed by atoms with E-state index in [-0.39, 0.29) is 0 Å². The number of rotatable bonds is 4. The molecule has 1 aromatic heterocycles. The van der Waals surface area contributed by atoms with E-state index in [2.05, 4.69) is 21.5 Å². The molecule has 0 amide bonds. The predicted molar refractivity (Wildman–Crippen MR) is 72.5 cm³/mol. The molecular formula is C14H24N4. The predicted octanol–water partition coefficient (Wildman–Crippen LogP) is 1.18. The standard InChI is InChI=1S/C14H24N4/c1-17-11-12(10-16-17)6-9-18-8-3-5-14(18)13-4-2-7-15-13/h10-11,13-15H,2-9H2,1H3. The Morgan fingerprint density at radius 2 is 2.33 bits per heavy atom. The molecule has 0 radical (unpaired) electrons. The second-order valence-electron chi connectivity index (χ2n) is 5.72. The minimum atomic E-state index is 0.751. The fourth-order valence-corrected chi connectivity index (χ4v) is 3.50. The van der Waals surface area contributed by atoms with Gasteiger partial charge < -0.3 is 5.32 Å². The summed E-state index contributed by atoms with van der Waals surface area (Å²) in [7, 11) is 1.99. The Morgan fingerprint density at radius 1 is 1.39 bits per heavy atom. The summed E-state index contributed by atoms with van der Waals surface area (Å²) in [4.78, 5) is 2.69. The van der Waals surface area contributed by atoms with Gasteiger partial charge in [-0.25, -0.2) is 0 Å². The third-order valence-electron chi connectivity index (χ3n) is 4.42. The summed E-state index contributed by atoms with van der Waals surface area (Å²) < 4.78 is 1.90. The van der Waals surface area contributed by atoms with Gasteiger partial charge in [0.25, 0.3) is 0 Å². The normalized spacial score (nSPS) is 29.2. The lowest BCUT2D eigenvalue weighted by Gasteiger charge is -2.29. The molecule has 4 heteroatoms. The molecule has 0 saturated carbocycles. The molecule has 3 heterocycles. The third kappa shape index (κ3) is 2.59. The van der Waals surface area contributed by atoms with Gasteiger partial charge in [-0.05, 0) is 50.8 Å². The summed E-state index contributed by atoms with van der Waals surface area (Å²) in [5.41, 5.74) is 1.36. The van der Waals surface area contributed by atoms with Crippen molar-refractivity contribution < 1.29 is 0 Å². The lowest BCUT2D eigenvalue weighted by Crippen LogP contribution is -2.44. The van der Waals surface area contributed by atoms with Crippen LogP contribution in [0.15, 0.2) is 12.4 Å². The maximum Gasteiger partial charge on any atom is 0.0522 e. The minimum Gasteiger partial charge on any atom is -0.312 e. The van der Waals surface area contributed by atoms with Crippen LogP contribution in [0.3, 0.4) is 0 Å². The first-order chi connectivity index (χ1) is 8.83. The summed E-state index contributed by atoms with van der Waals surface area (Å²) in [5, 5.41) is 7.92. The molecule has 1 N–H and O–H groups in total. The molecule has 3 rings (SSSR count). The SMILES string of the molecule is Cn1cc(CCN2CCCC2C2CCCN2)cn1. The number of nitrogens with one attached hydrogen (secondary N) is 1. The van der Waals surface area contributed by atoms with Gasteiger partial charge >= 0.3 is 0 Å². The van der Waals surface area contributed by atoms with E-state index in [0.717, 1.165) is 18.5 Å². The molecule has 2 atom stereocenters. The van der Waals surface area contributed by atoms with Crippen LogP contribution in [0.25, 0.3) is 0 Å². The Morgan fingerprint density at radius 3 is 3.06 bits per heavy atom. The number of hydrogen-bond donors (Lipinski definition) is 1. The molecule has 0 bridgehead atoms. The number of likely N-dealkylation sites (tertiary alicyclic amines) is 1. The van der Waals surface area contributed by atoms with E-state index in [1.807, 2.05) is 17.9 Å². The quantitative estimate of drug-likeness (QED) is 0.868. The Hall–Kier alpha value is -0.870. The summed E-state index contributed by atoms with van der Waals surface area (Å²) in [5.74, 6) is 0. The highest BCUT2D eigenvalue weighted by Gasteiger charge is 2.32. The van der Waals surface area contributed by atoms with Gasteiger partial charge in [0.1, 0.15) is 0 Å². The van der Waals surface area contributed by atoms with Crippen LogP contribution in [0.1, 0.15) is 31.2 Å². The lowest BCUT2D eigenvalue weighted by atomic mass is 10.0. The van der Waals surface area contributed by atoms with Gasteiger partial charge in [-0.1, -0.05) is 0 Å². The highest BCUT2D eigenvalue weighted by molar-refractivity contribution is 5.04. The molecule has 2 unspecified atom stereocenters. The fourth-order valence-electron chi connectivity index (χ4n) is 3.50. The van der Waals surface area contributed by atoms with Crippen LogP contribution >= 0.6 is 0 Å². The summed E-state index contributed by atoms with van der Waals surface area (Å²) in [6, 6.07) is 1.53. The molecule has 2 aliphatic heterocycles. The monoisotopic (exact) mass is 248 g/mol. The number of aromatic nitrogens is 2. The maximum atomic E-state index is 4.24. The molecule has 18 heavy (non-hydrogen) atoms. The van der Waals surface area contributed by atoms with E-state index in [4.69, 9.17) is 0 Å². The van der Waals surface area contributed by atoms with E-state index in [1.54, 1.807) is 0 Å². The first-order valence-corrected chi connectivity index (χ1v) is 7.28. The van der Waals surface area contributed by atoms with Gasteiger partial charge in [0, 0.05) is 31.9 Å². The topological polar surface area (TPSA) is 33.1 Å². The van der Waals surface area contributed by atoms with Crippen LogP contribution < -0.4 is 5.32 Å². The first kappa shape index (κ1) is 12.2.